The molecule has 8 nitrogen and oxygen atoms in total. The number of ketones is 1. The molecular weight excluding hydrogens is 408 g/mol. The van der Waals surface area contributed by atoms with Crippen LogP contribution in [0.25, 0.3) is 12.2 Å². The molecule has 3 aliphatic rings. The van der Waals surface area contributed by atoms with Crippen molar-refractivity contribution in [2.75, 3.05) is 7.11 Å². The molecule has 4 unspecified atom stereocenters. The van der Waals surface area contributed by atoms with E-state index >= 15 is 0 Å². The zero-order valence-corrected chi connectivity index (χ0v) is 18.6. The van der Waals surface area contributed by atoms with Crippen LogP contribution in [0.3, 0.4) is 0 Å². The van der Waals surface area contributed by atoms with E-state index in [1.54, 1.807) is 13.3 Å². The number of methoxy groups -OCH3 is 1. The van der Waals surface area contributed by atoms with E-state index in [-0.39, 0.29) is 30.1 Å². The molecule has 0 amide bonds. The summed E-state index contributed by atoms with van der Waals surface area (Å²) in [5, 5.41) is 8.18. The smallest absolute Gasteiger partial charge is 0.228 e. The fourth-order valence-corrected chi connectivity index (χ4v) is 4.22. The van der Waals surface area contributed by atoms with Crippen LogP contribution in [0.2, 0.25) is 0 Å². The Hall–Kier alpha value is -2.84. The number of hydrogen-bond donors (Lipinski definition) is 3. The predicted molar refractivity (Wildman–Crippen MR) is 121 cm³/mol. The van der Waals surface area contributed by atoms with Crippen LogP contribution in [0, 0.1) is 12.8 Å². The van der Waals surface area contributed by atoms with Crippen molar-refractivity contribution in [3.63, 3.8) is 0 Å². The monoisotopic (exact) mass is 440 g/mol. The number of carbonyl (C=O) groups is 1. The number of nitrogens with two attached hydrogens (primary N) is 1. The van der Waals surface area contributed by atoms with Gasteiger partial charge < -0.3 is 30.6 Å². The van der Waals surface area contributed by atoms with Crippen molar-refractivity contribution < 1.29 is 19.0 Å². The zero-order chi connectivity index (χ0) is 22.5. The lowest BCUT2D eigenvalue weighted by molar-refractivity contribution is -0.127. The SMILES string of the molecule is COC1C=c2nc(C)ccc2=CC1C1=CNC([C@@H](N)CCCCCC(=O)C2NC=CO2)O1. The molecule has 5 atom stereocenters. The van der Waals surface area contributed by atoms with Crippen molar-refractivity contribution in [2.24, 2.45) is 11.7 Å². The number of hydrogen-bond acceptors (Lipinski definition) is 8. The number of pyridine rings is 1. The summed E-state index contributed by atoms with van der Waals surface area (Å²) in [7, 11) is 1.70. The van der Waals surface area contributed by atoms with Gasteiger partial charge in [0.2, 0.25) is 6.23 Å². The fourth-order valence-electron chi connectivity index (χ4n) is 4.22. The Morgan fingerprint density at radius 2 is 2.12 bits per heavy atom. The van der Waals surface area contributed by atoms with Crippen LogP contribution in [-0.2, 0) is 19.0 Å². The van der Waals surface area contributed by atoms with E-state index in [1.165, 1.54) is 6.26 Å². The molecule has 172 valence electrons. The Bertz CT molecular complexity index is 998. The van der Waals surface area contributed by atoms with Gasteiger partial charge in [-0.1, -0.05) is 25.0 Å². The van der Waals surface area contributed by atoms with Gasteiger partial charge in [-0.25, -0.2) is 0 Å². The number of nitrogens with zero attached hydrogens (tertiary/aromatic N) is 1. The van der Waals surface area contributed by atoms with Gasteiger partial charge in [-0.3, -0.25) is 9.78 Å². The summed E-state index contributed by atoms with van der Waals surface area (Å²) in [5.41, 5.74) is 7.37. The number of fused-ring (bicyclic) bond motifs is 1. The summed E-state index contributed by atoms with van der Waals surface area (Å²) in [6.45, 7) is 1.98. The zero-order valence-electron chi connectivity index (χ0n) is 18.6. The number of unbranched alkanes of at least 4 members (excludes halogenated alkanes) is 2. The van der Waals surface area contributed by atoms with E-state index < -0.39 is 6.23 Å². The predicted octanol–water partition coefficient (Wildman–Crippen LogP) is 0.647. The third-order valence-electron chi connectivity index (χ3n) is 6.06. The molecule has 0 aromatic carbocycles. The lowest BCUT2D eigenvalue weighted by Crippen LogP contribution is -2.42. The van der Waals surface area contributed by atoms with E-state index in [1.807, 2.05) is 25.3 Å². The standard InChI is InChI=1S/C24H32N4O4/c1-15-8-9-16-12-17(21(30-2)13-19(16)28-15)22-14-27-23(32-22)18(25)6-4-3-5-7-20(29)24-26-10-11-31-24/h8-14,17-18,21,23-24,26-27H,3-7,25H2,1-2H3/t17?,18-,21?,23?,24?/m0/s1. The molecule has 2 aliphatic heterocycles. The van der Waals surface area contributed by atoms with Gasteiger partial charge in [0.05, 0.1) is 23.4 Å². The first kappa shape index (κ1) is 22.4. The molecule has 0 bridgehead atoms. The molecule has 0 fully saturated rings. The van der Waals surface area contributed by atoms with Gasteiger partial charge in [-0.2, -0.15) is 0 Å². The maximum Gasteiger partial charge on any atom is 0.228 e. The fraction of sp³-hybridized carbons (Fsp3) is 0.500. The summed E-state index contributed by atoms with van der Waals surface area (Å²) in [6.07, 6.45) is 12.3. The highest BCUT2D eigenvalue weighted by molar-refractivity contribution is 5.83. The Labute approximate surface area is 188 Å². The second-order valence-electron chi connectivity index (χ2n) is 8.45. The number of carbonyl (C=O) groups excluding carboxylic acids is 1. The van der Waals surface area contributed by atoms with Crippen molar-refractivity contribution in [2.45, 2.75) is 63.6 Å². The van der Waals surface area contributed by atoms with Crippen molar-refractivity contribution in [1.29, 1.82) is 0 Å². The molecule has 1 aromatic rings. The highest BCUT2D eigenvalue weighted by Gasteiger charge is 2.32. The normalized spacial score (nSPS) is 26.4. The molecule has 32 heavy (non-hydrogen) atoms. The van der Waals surface area contributed by atoms with Gasteiger partial charge in [0, 0.05) is 31.6 Å². The highest BCUT2D eigenvalue weighted by Crippen LogP contribution is 2.27. The van der Waals surface area contributed by atoms with E-state index in [4.69, 9.17) is 19.9 Å². The molecule has 1 aliphatic carbocycles. The molecule has 4 rings (SSSR count). The minimum absolute atomic E-state index is 0.0337. The number of Topliss-reactive ketones (excluding diaryl/α,β-unsaturated/α-hetero) is 1. The largest absolute Gasteiger partial charge is 0.471 e. The molecule has 0 saturated heterocycles. The lowest BCUT2D eigenvalue weighted by atomic mass is 9.94. The van der Waals surface area contributed by atoms with Crippen LogP contribution in [0.15, 0.2) is 36.6 Å². The second kappa shape index (κ2) is 10.2. The Balaban J connectivity index is 1.23. The summed E-state index contributed by atoms with van der Waals surface area (Å²) in [5.74, 6) is 0.866. The molecule has 0 spiro atoms. The molecular formula is C24H32N4O4. The first-order valence-corrected chi connectivity index (χ1v) is 11.2. The molecule has 1 aromatic heterocycles. The second-order valence-corrected chi connectivity index (χ2v) is 8.45. The van der Waals surface area contributed by atoms with E-state index in [0.717, 1.165) is 47.7 Å². The van der Waals surface area contributed by atoms with Crippen LogP contribution in [0.5, 0.6) is 0 Å². The molecule has 3 heterocycles. The summed E-state index contributed by atoms with van der Waals surface area (Å²) in [6, 6.07) is 3.94. The van der Waals surface area contributed by atoms with Crippen LogP contribution >= 0.6 is 0 Å². The minimum atomic E-state index is -0.519. The topological polar surface area (TPSA) is 108 Å². The number of nitrogens with one attached hydrogen (secondary N) is 2. The quantitative estimate of drug-likeness (QED) is 0.455. The van der Waals surface area contributed by atoms with Crippen molar-refractivity contribution in [1.82, 2.24) is 15.6 Å². The number of aryl methyl sites for hydroxylation is 1. The average Bonchev–Trinajstić information content (AvgIpc) is 3.50. The minimum Gasteiger partial charge on any atom is -0.471 e. The van der Waals surface area contributed by atoms with Gasteiger partial charge >= 0.3 is 0 Å². The third-order valence-corrected chi connectivity index (χ3v) is 6.06. The average molecular weight is 441 g/mol. The number of rotatable bonds is 10. The van der Waals surface area contributed by atoms with Gasteiger partial charge in [0.15, 0.2) is 12.0 Å². The first-order chi connectivity index (χ1) is 15.5. The number of ether oxygens (including phenoxy) is 3. The third kappa shape index (κ3) is 5.14. The van der Waals surface area contributed by atoms with Gasteiger partial charge in [0.1, 0.15) is 12.0 Å². The Kier molecular flexibility index (Phi) is 7.12. The lowest BCUT2D eigenvalue weighted by Gasteiger charge is -2.26. The van der Waals surface area contributed by atoms with Gasteiger partial charge in [-0.15, -0.1) is 0 Å². The van der Waals surface area contributed by atoms with Gasteiger partial charge in [0.25, 0.3) is 0 Å². The van der Waals surface area contributed by atoms with Crippen molar-refractivity contribution >= 4 is 17.9 Å². The molecule has 0 saturated carbocycles. The summed E-state index contributed by atoms with van der Waals surface area (Å²) in [4.78, 5) is 16.6. The van der Waals surface area contributed by atoms with Crippen LogP contribution in [-0.4, -0.2) is 42.5 Å². The first-order valence-electron chi connectivity index (χ1n) is 11.2. The van der Waals surface area contributed by atoms with Crippen LogP contribution in [0.1, 0.15) is 37.8 Å². The van der Waals surface area contributed by atoms with E-state index in [0.29, 0.717) is 6.42 Å². The van der Waals surface area contributed by atoms with E-state index in [2.05, 4.69) is 27.8 Å². The van der Waals surface area contributed by atoms with Crippen molar-refractivity contribution in [3.8, 4) is 0 Å². The summed E-state index contributed by atoms with van der Waals surface area (Å²) >= 11 is 0. The number of aromatic nitrogens is 1. The Morgan fingerprint density at radius 1 is 1.25 bits per heavy atom. The Morgan fingerprint density at radius 3 is 2.91 bits per heavy atom. The van der Waals surface area contributed by atoms with E-state index in [9.17, 15) is 4.79 Å². The van der Waals surface area contributed by atoms with Gasteiger partial charge in [-0.05, 0) is 37.1 Å². The van der Waals surface area contributed by atoms with Crippen molar-refractivity contribution in [3.05, 3.63) is 52.8 Å². The van der Waals surface area contributed by atoms with Crippen LogP contribution in [0.4, 0.5) is 0 Å². The maximum atomic E-state index is 12.0. The molecule has 0 radical (unpaired) electrons. The summed E-state index contributed by atoms with van der Waals surface area (Å²) < 4.78 is 17.1. The highest BCUT2D eigenvalue weighted by atomic mass is 16.5. The maximum absolute atomic E-state index is 12.0. The molecule has 8 heteroatoms. The molecule has 4 N–H and O–H groups in total. The van der Waals surface area contributed by atoms with Crippen LogP contribution < -0.4 is 26.9 Å².